The standard InChI is InChI=1S/C14H12ClN5O3S/c1-20(14-18-11(15)10(24-14)13(21)22-2)7-9-17-12(19-23-9)8-4-3-5-16-6-8/h3-6H,7H2,1-2H3. The van der Waals surface area contributed by atoms with Crippen LogP contribution in [-0.2, 0) is 11.3 Å². The number of ether oxygens (including phenoxy) is 1. The summed E-state index contributed by atoms with van der Waals surface area (Å²) in [4.78, 5) is 26.1. The highest BCUT2D eigenvalue weighted by Gasteiger charge is 2.20. The van der Waals surface area contributed by atoms with Crippen LogP contribution in [0.5, 0.6) is 0 Å². The summed E-state index contributed by atoms with van der Waals surface area (Å²) in [7, 11) is 3.07. The van der Waals surface area contributed by atoms with Crippen LogP contribution < -0.4 is 4.90 Å². The number of pyridine rings is 1. The van der Waals surface area contributed by atoms with Crippen molar-refractivity contribution in [2.24, 2.45) is 0 Å². The molecule has 0 spiro atoms. The summed E-state index contributed by atoms with van der Waals surface area (Å²) in [5, 5.41) is 4.58. The second-order valence-electron chi connectivity index (χ2n) is 4.72. The molecule has 3 rings (SSSR count). The lowest BCUT2D eigenvalue weighted by molar-refractivity contribution is 0.0606. The second-order valence-corrected chi connectivity index (χ2v) is 6.05. The maximum absolute atomic E-state index is 11.6. The maximum Gasteiger partial charge on any atom is 0.351 e. The van der Waals surface area contributed by atoms with Crippen molar-refractivity contribution in [2.75, 3.05) is 19.1 Å². The van der Waals surface area contributed by atoms with Crippen LogP contribution >= 0.6 is 22.9 Å². The van der Waals surface area contributed by atoms with E-state index in [1.807, 2.05) is 6.07 Å². The van der Waals surface area contributed by atoms with Crippen molar-refractivity contribution in [3.05, 3.63) is 40.4 Å². The first-order chi connectivity index (χ1) is 11.6. The van der Waals surface area contributed by atoms with Gasteiger partial charge in [-0.15, -0.1) is 0 Å². The Hall–Kier alpha value is -2.52. The van der Waals surface area contributed by atoms with E-state index in [1.54, 1.807) is 30.4 Å². The van der Waals surface area contributed by atoms with Gasteiger partial charge < -0.3 is 14.2 Å². The first kappa shape index (κ1) is 16.3. The summed E-state index contributed by atoms with van der Waals surface area (Å²) < 4.78 is 9.90. The van der Waals surface area contributed by atoms with Crippen molar-refractivity contribution in [1.82, 2.24) is 20.1 Å². The third-order valence-corrected chi connectivity index (χ3v) is 4.57. The average Bonchev–Trinajstić information content (AvgIpc) is 3.22. The molecule has 0 bridgehead atoms. The molecule has 0 N–H and O–H groups in total. The second kappa shape index (κ2) is 6.93. The molecule has 0 aliphatic heterocycles. The van der Waals surface area contributed by atoms with Crippen molar-refractivity contribution in [2.45, 2.75) is 6.54 Å². The average molecular weight is 366 g/mol. The van der Waals surface area contributed by atoms with Gasteiger partial charge in [-0.2, -0.15) is 4.98 Å². The molecule has 8 nitrogen and oxygen atoms in total. The molecular weight excluding hydrogens is 354 g/mol. The minimum Gasteiger partial charge on any atom is -0.465 e. The Morgan fingerprint density at radius 3 is 3.00 bits per heavy atom. The van der Waals surface area contributed by atoms with Crippen molar-refractivity contribution < 1.29 is 14.1 Å². The molecule has 0 atom stereocenters. The Kier molecular flexibility index (Phi) is 4.72. The number of carbonyl (C=O) groups excluding carboxylic acids is 1. The minimum absolute atomic E-state index is 0.107. The van der Waals surface area contributed by atoms with Gasteiger partial charge in [0, 0.05) is 25.0 Å². The van der Waals surface area contributed by atoms with Crippen LogP contribution in [0.15, 0.2) is 29.0 Å². The van der Waals surface area contributed by atoms with Gasteiger partial charge in [0.1, 0.15) is 0 Å². The zero-order valence-corrected chi connectivity index (χ0v) is 14.3. The van der Waals surface area contributed by atoms with E-state index in [0.29, 0.717) is 23.4 Å². The fourth-order valence-electron chi connectivity index (χ4n) is 1.87. The maximum atomic E-state index is 11.6. The molecule has 0 saturated carbocycles. The molecule has 24 heavy (non-hydrogen) atoms. The summed E-state index contributed by atoms with van der Waals surface area (Å²) in [6.07, 6.45) is 3.32. The Balaban J connectivity index is 1.75. The highest BCUT2D eigenvalue weighted by atomic mass is 35.5. The van der Waals surface area contributed by atoms with Crippen molar-refractivity contribution in [3.63, 3.8) is 0 Å². The third kappa shape index (κ3) is 3.36. The molecule has 0 aliphatic carbocycles. The van der Waals surface area contributed by atoms with Gasteiger partial charge in [-0.3, -0.25) is 4.98 Å². The van der Waals surface area contributed by atoms with Crippen molar-refractivity contribution in [1.29, 1.82) is 0 Å². The van der Waals surface area contributed by atoms with Gasteiger partial charge in [0.25, 0.3) is 0 Å². The number of halogens is 1. The van der Waals surface area contributed by atoms with E-state index in [-0.39, 0.29) is 10.0 Å². The number of carbonyl (C=O) groups is 1. The number of hydrogen-bond donors (Lipinski definition) is 0. The Labute approximate surface area is 146 Å². The van der Waals surface area contributed by atoms with E-state index in [2.05, 4.69) is 24.8 Å². The van der Waals surface area contributed by atoms with Gasteiger partial charge in [-0.1, -0.05) is 28.1 Å². The van der Waals surface area contributed by atoms with Crippen LogP contribution in [0.1, 0.15) is 15.6 Å². The molecular formula is C14H12ClN5O3S. The predicted octanol–water partition coefficient (Wildman–Crippen LogP) is 2.66. The van der Waals surface area contributed by atoms with Crippen LogP contribution in [0.3, 0.4) is 0 Å². The fraction of sp³-hybridized carbons (Fsp3) is 0.214. The number of anilines is 1. The van der Waals surface area contributed by atoms with E-state index in [0.717, 1.165) is 16.9 Å². The smallest absolute Gasteiger partial charge is 0.351 e. The van der Waals surface area contributed by atoms with Gasteiger partial charge in [0.2, 0.25) is 11.7 Å². The topological polar surface area (TPSA) is 94.2 Å². The zero-order chi connectivity index (χ0) is 17.1. The largest absolute Gasteiger partial charge is 0.465 e. The summed E-state index contributed by atoms with van der Waals surface area (Å²) in [6, 6.07) is 3.64. The Morgan fingerprint density at radius 2 is 2.29 bits per heavy atom. The number of aromatic nitrogens is 4. The number of esters is 1. The van der Waals surface area contributed by atoms with Crippen LogP contribution in [0, 0.1) is 0 Å². The molecule has 124 valence electrons. The number of hydrogen-bond acceptors (Lipinski definition) is 9. The molecule has 0 radical (unpaired) electrons. The molecule has 3 aromatic rings. The number of methoxy groups -OCH3 is 1. The van der Waals surface area contributed by atoms with Crippen molar-refractivity contribution >= 4 is 34.0 Å². The normalized spacial score (nSPS) is 10.6. The highest BCUT2D eigenvalue weighted by molar-refractivity contribution is 7.18. The summed E-state index contributed by atoms with van der Waals surface area (Å²) >= 11 is 7.09. The molecule has 0 saturated heterocycles. The molecule has 0 aromatic carbocycles. The number of nitrogens with zero attached hydrogens (tertiary/aromatic N) is 5. The number of thiazole rings is 1. The summed E-state index contributed by atoms with van der Waals surface area (Å²) in [5.74, 6) is 0.343. The molecule has 10 heteroatoms. The number of rotatable bonds is 5. The molecule has 0 fully saturated rings. The van der Waals surface area contributed by atoms with E-state index < -0.39 is 5.97 Å². The SMILES string of the molecule is COC(=O)c1sc(N(C)Cc2nc(-c3cccnc3)no2)nc1Cl. The van der Waals surface area contributed by atoms with E-state index in [4.69, 9.17) is 16.1 Å². The quantitative estimate of drug-likeness (QED) is 0.637. The van der Waals surface area contributed by atoms with E-state index in [9.17, 15) is 4.79 Å². The lowest BCUT2D eigenvalue weighted by Crippen LogP contribution is -2.16. The predicted molar refractivity (Wildman–Crippen MR) is 88.1 cm³/mol. The lowest BCUT2D eigenvalue weighted by Gasteiger charge is -2.11. The van der Waals surface area contributed by atoms with Gasteiger partial charge in [-0.25, -0.2) is 9.78 Å². The van der Waals surface area contributed by atoms with Gasteiger partial charge in [-0.05, 0) is 12.1 Å². The van der Waals surface area contributed by atoms with E-state index >= 15 is 0 Å². The molecule has 0 unspecified atom stereocenters. The molecule has 0 aliphatic rings. The Morgan fingerprint density at radius 1 is 1.46 bits per heavy atom. The minimum atomic E-state index is -0.520. The van der Waals surface area contributed by atoms with Crippen LogP contribution in [0.4, 0.5) is 5.13 Å². The first-order valence-electron chi connectivity index (χ1n) is 6.77. The monoisotopic (exact) mass is 365 g/mol. The zero-order valence-electron chi connectivity index (χ0n) is 12.8. The van der Waals surface area contributed by atoms with Crippen LogP contribution in [0.2, 0.25) is 5.15 Å². The molecule has 3 aromatic heterocycles. The molecule has 3 heterocycles. The van der Waals surface area contributed by atoms with Crippen molar-refractivity contribution in [3.8, 4) is 11.4 Å². The Bertz CT molecular complexity index is 851. The van der Waals surface area contributed by atoms with Crippen LogP contribution in [0.25, 0.3) is 11.4 Å². The van der Waals surface area contributed by atoms with Gasteiger partial charge in [0.15, 0.2) is 15.2 Å². The van der Waals surface area contributed by atoms with Gasteiger partial charge in [0.05, 0.1) is 13.7 Å². The van der Waals surface area contributed by atoms with E-state index in [1.165, 1.54) is 7.11 Å². The molecule has 0 amide bonds. The van der Waals surface area contributed by atoms with Gasteiger partial charge >= 0.3 is 5.97 Å². The highest BCUT2D eigenvalue weighted by Crippen LogP contribution is 2.30. The third-order valence-electron chi connectivity index (χ3n) is 3.03. The first-order valence-corrected chi connectivity index (χ1v) is 7.96. The summed E-state index contributed by atoms with van der Waals surface area (Å²) in [5.41, 5.74) is 0.764. The fourth-order valence-corrected chi connectivity index (χ4v) is 3.03. The lowest BCUT2D eigenvalue weighted by atomic mass is 10.3. The van der Waals surface area contributed by atoms with Crippen LogP contribution in [-0.4, -0.2) is 40.2 Å². The summed E-state index contributed by atoms with van der Waals surface area (Å²) in [6.45, 7) is 0.317.